The van der Waals surface area contributed by atoms with Crippen LogP contribution >= 0.6 is 23.2 Å². The second kappa shape index (κ2) is 17.5. The molecule has 15 nitrogen and oxygen atoms in total. The van der Waals surface area contributed by atoms with Crippen LogP contribution < -0.4 is 0 Å². The lowest BCUT2D eigenvalue weighted by atomic mass is 9.81. The topological polar surface area (TPSA) is 184 Å². The lowest BCUT2D eigenvalue weighted by Gasteiger charge is -2.30. The zero-order chi connectivity index (χ0) is 41.1. The number of rotatable bonds is 8. The Bertz CT molecular complexity index is 1740. The minimum Gasteiger partial charge on any atom is -0.457 e. The van der Waals surface area contributed by atoms with Gasteiger partial charge in [-0.3, -0.25) is 14.4 Å². The van der Waals surface area contributed by atoms with Gasteiger partial charge in [0.05, 0.1) is 23.8 Å². The van der Waals surface area contributed by atoms with Crippen molar-refractivity contribution in [3.63, 3.8) is 0 Å². The van der Waals surface area contributed by atoms with E-state index in [1.165, 1.54) is 40.4 Å². The standard InChI is InChI=1S/C15H18Cl2N4O3.C12H20O5.C4H9F3O3SSi/c1-5-9-15(3,4)10(23-7(2)22)13(24-9)21-12-8(6-18-21)11(16)19-14(17)20-12;1-6-9-12(4,5)10(15-7(2)13)11(17-9)16-8(3)14;1-12(2,3)10-11(8,9)4(5,6)7/h6,9-10,13H,5H2,1-4H3;9-11H,6H2,1-5H3;1-3H3/t9-,10+,13-;9-,10+,11?;/m11./s1. The van der Waals surface area contributed by atoms with E-state index in [1.807, 2.05) is 41.5 Å². The number of esters is 3. The van der Waals surface area contributed by atoms with E-state index in [4.69, 9.17) is 46.9 Å². The van der Waals surface area contributed by atoms with Crippen LogP contribution in [-0.2, 0) is 52.1 Å². The monoisotopic (exact) mass is 838 g/mol. The maximum Gasteiger partial charge on any atom is 0.522 e. The van der Waals surface area contributed by atoms with Crippen LogP contribution in [0.4, 0.5) is 13.2 Å². The van der Waals surface area contributed by atoms with E-state index in [0.717, 1.165) is 12.8 Å². The van der Waals surface area contributed by atoms with Gasteiger partial charge in [-0.05, 0) is 44.1 Å². The van der Waals surface area contributed by atoms with Crippen molar-refractivity contribution >= 4 is 70.6 Å². The number of ether oxygens (including phenoxy) is 5. The number of hydrogen-bond acceptors (Lipinski definition) is 14. The predicted molar refractivity (Wildman–Crippen MR) is 188 cm³/mol. The van der Waals surface area contributed by atoms with Gasteiger partial charge in [-0.1, -0.05) is 53.1 Å². The highest BCUT2D eigenvalue weighted by Gasteiger charge is 2.55. The number of hydrogen-bond donors (Lipinski definition) is 0. The van der Waals surface area contributed by atoms with Gasteiger partial charge < -0.3 is 27.6 Å². The normalized spacial score (nSPS) is 25.1. The van der Waals surface area contributed by atoms with Crippen LogP contribution in [0.1, 0.15) is 81.4 Å². The average Bonchev–Trinajstić information content (AvgIpc) is 3.57. The van der Waals surface area contributed by atoms with Crippen molar-refractivity contribution in [2.45, 2.75) is 137 Å². The summed E-state index contributed by atoms with van der Waals surface area (Å²) >= 11 is 12.0. The highest BCUT2D eigenvalue weighted by Crippen LogP contribution is 2.47. The third kappa shape index (κ3) is 11.7. The molecule has 4 rings (SSSR count). The van der Waals surface area contributed by atoms with Crippen LogP contribution in [-0.4, -0.2) is 90.6 Å². The molecule has 6 atom stereocenters. The smallest absolute Gasteiger partial charge is 0.457 e. The van der Waals surface area contributed by atoms with Gasteiger partial charge in [-0.25, -0.2) is 9.67 Å². The summed E-state index contributed by atoms with van der Waals surface area (Å²) in [4.78, 5) is 41.8. The molecule has 2 saturated heterocycles. The molecule has 2 aromatic rings. The Kier molecular flexibility index (Phi) is 15.3. The lowest BCUT2D eigenvalue weighted by molar-refractivity contribution is -0.195. The third-order valence-corrected chi connectivity index (χ3v) is 12.0. The molecule has 2 aromatic heterocycles. The molecule has 2 aliphatic rings. The van der Waals surface area contributed by atoms with Crippen LogP contribution in [0.3, 0.4) is 0 Å². The number of carbonyl (C=O) groups is 3. The molecule has 53 heavy (non-hydrogen) atoms. The van der Waals surface area contributed by atoms with Crippen molar-refractivity contribution in [3.05, 3.63) is 16.6 Å². The Labute approximate surface area is 317 Å². The second-order valence-electron chi connectivity index (χ2n) is 14.3. The van der Waals surface area contributed by atoms with Gasteiger partial charge >= 0.3 is 33.5 Å². The van der Waals surface area contributed by atoms with Gasteiger partial charge in [-0.2, -0.15) is 31.7 Å². The number of halogens is 5. The molecule has 0 aromatic carbocycles. The van der Waals surface area contributed by atoms with E-state index < -0.39 is 60.6 Å². The molecule has 0 N–H and O–H groups in total. The van der Waals surface area contributed by atoms with E-state index in [1.54, 1.807) is 10.9 Å². The van der Waals surface area contributed by atoms with Crippen LogP contribution in [0.5, 0.6) is 0 Å². The second-order valence-corrected chi connectivity index (χ2v) is 21.3. The molecule has 0 aliphatic carbocycles. The molecular weight excluding hydrogens is 792 g/mol. The Balaban J connectivity index is 0.000000295. The van der Waals surface area contributed by atoms with E-state index in [-0.39, 0.29) is 39.4 Å². The van der Waals surface area contributed by atoms with E-state index >= 15 is 0 Å². The summed E-state index contributed by atoms with van der Waals surface area (Å²) in [5, 5.41) is 5.11. The lowest BCUT2D eigenvalue weighted by Crippen LogP contribution is -2.40. The van der Waals surface area contributed by atoms with Crippen molar-refractivity contribution < 1.29 is 63.5 Å². The fourth-order valence-corrected chi connectivity index (χ4v) is 9.23. The molecule has 0 radical (unpaired) electrons. The Hall–Kier alpha value is -2.62. The van der Waals surface area contributed by atoms with Crippen molar-refractivity contribution in [2.75, 3.05) is 0 Å². The fraction of sp³-hybridized carbons (Fsp3) is 0.742. The predicted octanol–water partition coefficient (Wildman–Crippen LogP) is 6.73. The van der Waals surface area contributed by atoms with Gasteiger partial charge in [0, 0.05) is 31.6 Å². The summed E-state index contributed by atoms with van der Waals surface area (Å²) in [6.07, 6.45) is 0.387. The van der Waals surface area contributed by atoms with Crippen molar-refractivity contribution in [1.29, 1.82) is 0 Å². The zero-order valence-corrected chi connectivity index (χ0v) is 34.9. The Morgan fingerprint density at radius 1 is 0.868 bits per heavy atom. The van der Waals surface area contributed by atoms with Gasteiger partial charge in [0.15, 0.2) is 24.1 Å². The van der Waals surface area contributed by atoms with Gasteiger partial charge in [0.1, 0.15) is 5.15 Å². The number of aromatic nitrogens is 4. The molecule has 0 bridgehead atoms. The number of alkyl halides is 3. The maximum atomic E-state index is 11.7. The molecule has 0 spiro atoms. The van der Waals surface area contributed by atoms with E-state index in [9.17, 15) is 36.0 Å². The molecule has 1 unspecified atom stereocenters. The van der Waals surface area contributed by atoms with Gasteiger partial charge in [0.25, 0.3) is 0 Å². The summed E-state index contributed by atoms with van der Waals surface area (Å²) < 4.78 is 88.9. The highest BCUT2D eigenvalue weighted by atomic mass is 35.5. The SMILES string of the molecule is CC[C@H]1OC(OC(C)=O)[C@H](OC(C)=O)C1(C)C.CC[C@H]1O[C@@H](n2ncc3c(Cl)nc(Cl)nc32)[C@H](OC(C)=O)C1(C)C.C[Si](C)(C)OS(=O)(=O)C(F)(F)F. The summed E-state index contributed by atoms with van der Waals surface area (Å²) in [6.45, 7) is 20.0. The van der Waals surface area contributed by atoms with Gasteiger partial charge in [0.2, 0.25) is 19.9 Å². The molecular formula is C31H47Cl2F3N4O11SSi. The van der Waals surface area contributed by atoms with Crippen molar-refractivity contribution in [1.82, 2.24) is 19.7 Å². The minimum absolute atomic E-state index is 0.0163. The molecule has 0 saturated carbocycles. The Morgan fingerprint density at radius 3 is 1.77 bits per heavy atom. The number of fused-ring (bicyclic) bond motifs is 1. The third-order valence-electron chi connectivity index (χ3n) is 8.11. The Morgan fingerprint density at radius 2 is 1.34 bits per heavy atom. The molecule has 2 fully saturated rings. The van der Waals surface area contributed by atoms with Crippen LogP contribution in [0, 0.1) is 10.8 Å². The number of carbonyl (C=O) groups excluding carboxylic acids is 3. The average molecular weight is 840 g/mol. The minimum atomic E-state index is -5.39. The van der Waals surface area contributed by atoms with Crippen LogP contribution in [0.25, 0.3) is 11.0 Å². The first-order valence-electron chi connectivity index (χ1n) is 16.4. The molecule has 4 heterocycles. The van der Waals surface area contributed by atoms with E-state index in [2.05, 4.69) is 18.9 Å². The quantitative estimate of drug-likeness (QED) is 0.0681. The molecule has 2 aliphatic heterocycles. The van der Waals surface area contributed by atoms with E-state index in [0.29, 0.717) is 11.0 Å². The van der Waals surface area contributed by atoms with Crippen molar-refractivity contribution in [3.8, 4) is 0 Å². The molecule has 302 valence electrons. The first-order valence-corrected chi connectivity index (χ1v) is 22.0. The largest absolute Gasteiger partial charge is 0.522 e. The number of nitrogens with zero attached hydrogens (tertiary/aromatic N) is 4. The summed E-state index contributed by atoms with van der Waals surface area (Å²) in [6, 6.07) is 0. The summed E-state index contributed by atoms with van der Waals surface area (Å²) in [5.41, 5.74) is -5.63. The molecule has 22 heteroatoms. The highest BCUT2D eigenvalue weighted by molar-refractivity contribution is 7.88. The van der Waals surface area contributed by atoms with Crippen molar-refractivity contribution in [2.24, 2.45) is 10.8 Å². The van der Waals surface area contributed by atoms with Crippen LogP contribution in [0.15, 0.2) is 6.20 Å². The molecule has 0 amide bonds. The summed E-state index contributed by atoms with van der Waals surface area (Å²) in [5.74, 6) is -1.22. The first kappa shape index (κ1) is 46.5. The zero-order valence-electron chi connectivity index (χ0n) is 31.5. The maximum absolute atomic E-state index is 11.7. The van der Waals surface area contributed by atoms with Gasteiger partial charge in [-0.15, -0.1) is 0 Å². The van der Waals surface area contributed by atoms with Crippen LogP contribution in [0.2, 0.25) is 30.1 Å². The summed E-state index contributed by atoms with van der Waals surface area (Å²) in [7, 11) is -8.10. The first-order chi connectivity index (χ1) is 24.0. The fourth-order valence-electron chi connectivity index (χ4n) is 5.80.